The van der Waals surface area contributed by atoms with Crippen LogP contribution in [0.3, 0.4) is 0 Å². The molecule has 0 spiro atoms. The summed E-state index contributed by atoms with van der Waals surface area (Å²) in [7, 11) is 2.09. The Morgan fingerprint density at radius 3 is 2.35 bits per heavy atom. The van der Waals surface area contributed by atoms with Gasteiger partial charge in [-0.25, -0.2) is 0 Å². The maximum absolute atomic E-state index is 6.34. The van der Waals surface area contributed by atoms with Gasteiger partial charge >= 0.3 is 0 Å². The molecule has 1 nitrogen and oxygen atoms in total. The molecule has 2 aromatic carbocycles. The molecule has 0 unspecified atom stereocenters. The number of pyridine rings is 1. The van der Waals surface area contributed by atoms with Gasteiger partial charge in [0, 0.05) is 17.0 Å². The van der Waals surface area contributed by atoms with Gasteiger partial charge in [0.05, 0.1) is 10.6 Å². The first-order valence-corrected chi connectivity index (χ1v) is 6.69. The van der Waals surface area contributed by atoms with E-state index in [1.807, 2.05) is 18.2 Å². The van der Waals surface area contributed by atoms with Gasteiger partial charge in [0.15, 0.2) is 0 Å². The molecule has 0 saturated carbocycles. The van der Waals surface area contributed by atoms with Crippen LogP contribution in [0.1, 0.15) is 5.56 Å². The molecule has 3 aromatic rings. The lowest BCUT2D eigenvalue weighted by molar-refractivity contribution is -0.633. The molecule has 3 heteroatoms. The predicted molar refractivity (Wildman–Crippen MR) is 80.3 cm³/mol. The highest BCUT2D eigenvalue weighted by atomic mass is 127. The van der Waals surface area contributed by atoms with Gasteiger partial charge in [-0.3, -0.25) is 0 Å². The summed E-state index contributed by atoms with van der Waals surface area (Å²) in [6.07, 6.45) is 0. The molecule has 0 aliphatic carbocycles. The summed E-state index contributed by atoms with van der Waals surface area (Å²) in [5, 5.41) is 2.04. The lowest BCUT2D eigenvalue weighted by Gasteiger charge is -2.08. The van der Waals surface area contributed by atoms with Gasteiger partial charge in [0.1, 0.15) is 7.05 Å². The molecule has 0 bridgehead atoms. The van der Waals surface area contributed by atoms with Crippen LogP contribution in [0, 0.1) is 6.92 Å². The fraction of sp³-hybridized carbons (Fsp3) is 0.118. The number of hydrogen-bond donors (Lipinski definition) is 0. The van der Waals surface area contributed by atoms with E-state index >= 15 is 0 Å². The zero-order valence-corrected chi connectivity index (χ0v) is 14.3. The van der Waals surface area contributed by atoms with E-state index in [9.17, 15) is 0 Å². The van der Waals surface area contributed by atoms with Crippen LogP contribution in [0.15, 0.2) is 54.6 Å². The smallest absolute Gasteiger partial charge is 0.217 e. The van der Waals surface area contributed by atoms with Crippen molar-refractivity contribution in [1.82, 2.24) is 0 Å². The van der Waals surface area contributed by atoms with Crippen molar-refractivity contribution in [2.75, 3.05) is 0 Å². The fourth-order valence-electron chi connectivity index (χ4n) is 2.65. The largest absolute Gasteiger partial charge is 1.00 e. The first kappa shape index (κ1) is 15.3. The first-order valence-electron chi connectivity index (χ1n) is 6.32. The lowest BCUT2D eigenvalue weighted by Crippen LogP contribution is -3.00. The van der Waals surface area contributed by atoms with E-state index in [4.69, 9.17) is 11.6 Å². The monoisotopic (exact) mass is 395 g/mol. The van der Waals surface area contributed by atoms with Gasteiger partial charge in [-0.2, -0.15) is 4.57 Å². The van der Waals surface area contributed by atoms with Crippen molar-refractivity contribution in [3.8, 4) is 11.3 Å². The van der Waals surface area contributed by atoms with E-state index in [-0.39, 0.29) is 24.0 Å². The summed E-state index contributed by atoms with van der Waals surface area (Å²) in [4.78, 5) is 0. The minimum Gasteiger partial charge on any atom is -1.00 e. The normalized spacial score (nSPS) is 10.3. The van der Waals surface area contributed by atoms with Crippen molar-refractivity contribution in [2.45, 2.75) is 6.92 Å². The number of para-hydroxylation sites is 1. The summed E-state index contributed by atoms with van der Waals surface area (Å²) in [6.45, 7) is 2.13. The van der Waals surface area contributed by atoms with Crippen LogP contribution in [-0.2, 0) is 7.05 Å². The van der Waals surface area contributed by atoms with Gasteiger partial charge in [-0.05, 0) is 31.2 Å². The van der Waals surface area contributed by atoms with Crippen LogP contribution in [0.4, 0.5) is 0 Å². The maximum atomic E-state index is 6.34. The summed E-state index contributed by atoms with van der Waals surface area (Å²) in [5.41, 5.74) is 4.69. The van der Waals surface area contributed by atoms with Crippen LogP contribution < -0.4 is 28.5 Å². The minimum absolute atomic E-state index is 0. The summed E-state index contributed by atoms with van der Waals surface area (Å²) in [5.74, 6) is 0. The molecule has 102 valence electrons. The maximum Gasteiger partial charge on any atom is 0.217 e. The molecule has 0 fully saturated rings. The van der Waals surface area contributed by atoms with E-state index < -0.39 is 0 Å². The minimum atomic E-state index is 0. The highest BCUT2D eigenvalue weighted by molar-refractivity contribution is 6.33. The Bertz CT molecular complexity index is 768. The van der Waals surface area contributed by atoms with Gasteiger partial charge in [-0.15, -0.1) is 0 Å². The zero-order chi connectivity index (χ0) is 13.4. The Morgan fingerprint density at radius 2 is 1.60 bits per heavy atom. The Labute approximate surface area is 141 Å². The van der Waals surface area contributed by atoms with Crippen LogP contribution in [0.5, 0.6) is 0 Å². The van der Waals surface area contributed by atoms with Crippen molar-refractivity contribution in [2.24, 2.45) is 7.05 Å². The molecular weight excluding hydrogens is 381 g/mol. The summed E-state index contributed by atoms with van der Waals surface area (Å²) in [6, 6.07) is 18.6. The zero-order valence-electron chi connectivity index (χ0n) is 11.4. The quantitative estimate of drug-likeness (QED) is 0.432. The predicted octanol–water partition coefficient (Wildman–Crippen LogP) is 1.30. The average Bonchev–Trinajstić information content (AvgIpc) is 2.41. The number of benzene rings is 2. The molecule has 1 aromatic heterocycles. The number of aryl methyl sites for hydroxylation is 2. The number of fused-ring (bicyclic) bond motifs is 1. The van der Waals surface area contributed by atoms with E-state index in [1.165, 1.54) is 22.2 Å². The number of aromatic nitrogens is 1. The van der Waals surface area contributed by atoms with Crippen LogP contribution in [0.25, 0.3) is 22.2 Å². The molecule has 0 radical (unpaired) electrons. The molecule has 0 aliphatic rings. The van der Waals surface area contributed by atoms with E-state index in [0.29, 0.717) is 0 Å². The second-order valence-corrected chi connectivity index (χ2v) is 5.18. The Kier molecular flexibility index (Phi) is 4.66. The molecule has 1 heterocycles. The molecule has 0 aliphatic heterocycles. The van der Waals surface area contributed by atoms with Gasteiger partial charge < -0.3 is 24.0 Å². The van der Waals surface area contributed by atoms with Crippen LogP contribution in [-0.4, -0.2) is 0 Å². The number of halogens is 2. The lowest BCUT2D eigenvalue weighted by atomic mass is 10.0. The SMILES string of the molecule is Cc1cc2ccccc2[n+](C)c1-c1ccccc1Cl.[I-]. The molecule has 0 amide bonds. The van der Waals surface area contributed by atoms with Crippen molar-refractivity contribution < 1.29 is 28.5 Å². The molecule has 0 atom stereocenters. The van der Waals surface area contributed by atoms with Gasteiger partial charge in [0.25, 0.3) is 0 Å². The Balaban J connectivity index is 0.00000147. The molecule has 0 N–H and O–H groups in total. The van der Waals surface area contributed by atoms with Crippen molar-refractivity contribution >= 4 is 22.5 Å². The topological polar surface area (TPSA) is 3.88 Å². The Morgan fingerprint density at radius 1 is 0.950 bits per heavy atom. The summed E-state index contributed by atoms with van der Waals surface area (Å²) >= 11 is 6.34. The third kappa shape index (κ3) is 2.54. The van der Waals surface area contributed by atoms with Crippen molar-refractivity contribution in [3.63, 3.8) is 0 Å². The van der Waals surface area contributed by atoms with E-state index in [2.05, 4.69) is 54.9 Å². The highest BCUT2D eigenvalue weighted by Gasteiger charge is 2.19. The van der Waals surface area contributed by atoms with Crippen molar-refractivity contribution in [3.05, 3.63) is 65.2 Å². The van der Waals surface area contributed by atoms with Gasteiger partial charge in [0.2, 0.25) is 11.2 Å². The third-order valence-electron chi connectivity index (χ3n) is 3.51. The van der Waals surface area contributed by atoms with E-state index in [1.54, 1.807) is 0 Å². The number of rotatable bonds is 1. The van der Waals surface area contributed by atoms with E-state index in [0.717, 1.165) is 10.6 Å². The first-order chi connectivity index (χ1) is 9.18. The van der Waals surface area contributed by atoms with Crippen molar-refractivity contribution in [1.29, 1.82) is 0 Å². The Hall–Kier alpha value is -1.13. The molecule has 3 rings (SSSR count). The summed E-state index contributed by atoms with van der Waals surface area (Å²) < 4.78 is 2.21. The average molecular weight is 396 g/mol. The second kappa shape index (κ2) is 6.10. The fourth-order valence-corrected chi connectivity index (χ4v) is 2.87. The van der Waals surface area contributed by atoms with Crippen LogP contribution >= 0.6 is 11.6 Å². The second-order valence-electron chi connectivity index (χ2n) is 4.77. The molecular formula is C17H15ClIN. The number of hydrogen-bond acceptors (Lipinski definition) is 0. The molecule has 20 heavy (non-hydrogen) atoms. The third-order valence-corrected chi connectivity index (χ3v) is 3.84. The highest BCUT2D eigenvalue weighted by Crippen LogP contribution is 2.29. The number of nitrogens with zero attached hydrogens (tertiary/aromatic N) is 1. The standard InChI is InChI=1S/C17H15ClN.HI/c1-12-11-13-7-3-6-10-16(13)19(2)17(12)14-8-4-5-9-15(14)18;/h3-11H,1-2H3;1H/q+1;/p-1. The van der Waals surface area contributed by atoms with Gasteiger partial charge in [-0.1, -0.05) is 35.9 Å². The van der Waals surface area contributed by atoms with Crippen LogP contribution in [0.2, 0.25) is 5.02 Å². The molecule has 0 saturated heterocycles.